The van der Waals surface area contributed by atoms with Crippen LogP contribution in [0, 0.1) is 12.8 Å². The maximum atomic E-state index is 13.1. The van der Waals surface area contributed by atoms with Gasteiger partial charge in [0.15, 0.2) is 0 Å². The summed E-state index contributed by atoms with van der Waals surface area (Å²) in [6, 6.07) is 11.5. The van der Waals surface area contributed by atoms with Crippen LogP contribution >= 0.6 is 0 Å². The number of aromatic nitrogens is 2. The highest BCUT2D eigenvalue weighted by molar-refractivity contribution is 7.89. The lowest BCUT2D eigenvalue weighted by atomic mass is 9.89. The highest BCUT2D eigenvalue weighted by Gasteiger charge is 2.39. The minimum atomic E-state index is -3.66. The Morgan fingerprint density at radius 3 is 2.77 bits per heavy atom. The number of sulfonamides is 1. The third kappa shape index (κ3) is 2.80. The average Bonchev–Trinajstić information content (AvgIpc) is 3.26. The Bertz CT molecular complexity index is 1030. The summed E-state index contributed by atoms with van der Waals surface area (Å²) in [6.07, 6.45) is 1.33. The fourth-order valence-corrected chi connectivity index (χ4v) is 5.06. The lowest BCUT2D eigenvalue weighted by Gasteiger charge is -2.17. The molecule has 136 valence electrons. The van der Waals surface area contributed by atoms with Gasteiger partial charge in [0.1, 0.15) is 4.90 Å². The molecular weight excluding hydrogens is 352 g/mol. The summed E-state index contributed by atoms with van der Waals surface area (Å²) < 4.78 is 32.9. The van der Waals surface area contributed by atoms with Crippen LogP contribution in [0.2, 0.25) is 0 Å². The van der Waals surface area contributed by atoms with Crippen LogP contribution in [0.4, 0.5) is 0 Å². The summed E-state index contributed by atoms with van der Waals surface area (Å²) in [4.78, 5) is 4.25. The third-order valence-electron chi connectivity index (χ3n) is 5.06. The molecule has 2 aromatic heterocycles. The molecule has 4 rings (SSSR count). The number of nitrogens with zero attached hydrogens (tertiary/aromatic N) is 3. The molecule has 3 aromatic rings. The van der Waals surface area contributed by atoms with E-state index in [0.717, 1.165) is 5.56 Å². The lowest BCUT2D eigenvalue weighted by molar-refractivity contribution is 0.442. The van der Waals surface area contributed by atoms with E-state index < -0.39 is 10.0 Å². The van der Waals surface area contributed by atoms with Gasteiger partial charge < -0.3 is 10.3 Å². The van der Waals surface area contributed by atoms with E-state index in [0.29, 0.717) is 36.4 Å². The number of hydrogen-bond acceptors (Lipinski definition) is 6. The van der Waals surface area contributed by atoms with Crippen molar-refractivity contribution in [1.82, 2.24) is 14.4 Å². The highest BCUT2D eigenvalue weighted by Crippen LogP contribution is 2.35. The van der Waals surface area contributed by atoms with Crippen LogP contribution in [0.1, 0.15) is 17.2 Å². The van der Waals surface area contributed by atoms with E-state index in [1.54, 1.807) is 13.0 Å². The first-order valence-electron chi connectivity index (χ1n) is 8.48. The molecule has 1 saturated heterocycles. The van der Waals surface area contributed by atoms with Gasteiger partial charge in [-0.2, -0.15) is 4.31 Å². The molecule has 1 aliphatic rings. The molecule has 0 radical (unpaired) electrons. The monoisotopic (exact) mass is 372 g/mol. The van der Waals surface area contributed by atoms with E-state index in [-0.39, 0.29) is 16.7 Å². The fourth-order valence-electron chi connectivity index (χ4n) is 3.56. The zero-order chi connectivity index (χ0) is 18.3. The number of benzene rings is 1. The van der Waals surface area contributed by atoms with E-state index in [9.17, 15) is 8.42 Å². The van der Waals surface area contributed by atoms with Gasteiger partial charge in [0.2, 0.25) is 10.0 Å². The number of pyridine rings is 1. The standard InChI is InChI=1S/C18H20N4O3S/c1-12-16-7-15(9-20-18(16)25-21-12)26(23,24)22-10-14(8-19)17(11-22)13-5-3-2-4-6-13/h2-7,9,14,17H,8,10-11,19H2,1H3/t14-,17+/m1/s1. The van der Waals surface area contributed by atoms with E-state index in [4.69, 9.17) is 10.3 Å². The predicted molar refractivity (Wildman–Crippen MR) is 97.0 cm³/mol. The second-order valence-corrected chi connectivity index (χ2v) is 8.56. The Balaban J connectivity index is 1.68. The van der Waals surface area contributed by atoms with Gasteiger partial charge in [-0.3, -0.25) is 0 Å². The molecule has 0 spiro atoms. The molecule has 1 fully saturated rings. The van der Waals surface area contributed by atoms with Crippen molar-refractivity contribution in [2.75, 3.05) is 19.6 Å². The van der Waals surface area contributed by atoms with E-state index in [1.165, 1.54) is 10.5 Å². The Morgan fingerprint density at radius 1 is 1.27 bits per heavy atom. The maximum absolute atomic E-state index is 13.1. The largest absolute Gasteiger partial charge is 0.336 e. The molecule has 2 atom stereocenters. The molecule has 8 heteroatoms. The maximum Gasteiger partial charge on any atom is 0.257 e. The van der Waals surface area contributed by atoms with Gasteiger partial charge in [-0.15, -0.1) is 0 Å². The van der Waals surface area contributed by atoms with Gasteiger partial charge in [0, 0.05) is 19.0 Å². The number of fused-ring (bicyclic) bond motifs is 1. The van der Waals surface area contributed by atoms with Crippen LogP contribution in [-0.2, 0) is 10.0 Å². The average molecular weight is 372 g/mol. The van der Waals surface area contributed by atoms with Crippen LogP contribution in [0.25, 0.3) is 11.1 Å². The van der Waals surface area contributed by atoms with Crippen molar-refractivity contribution in [2.45, 2.75) is 17.7 Å². The molecular formula is C18H20N4O3S. The fraction of sp³-hybridized carbons (Fsp3) is 0.333. The molecule has 26 heavy (non-hydrogen) atoms. The van der Waals surface area contributed by atoms with Crippen molar-refractivity contribution in [3.8, 4) is 0 Å². The Morgan fingerprint density at radius 2 is 2.04 bits per heavy atom. The van der Waals surface area contributed by atoms with Crippen molar-refractivity contribution in [1.29, 1.82) is 0 Å². The minimum Gasteiger partial charge on any atom is -0.336 e. The molecule has 3 heterocycles. The molecule has 0 unspecified atom stereocenters. The Kier molecular flexibility index (Phi) is 4.26. The molecule has 0 aliphatic carbocycles. The summed E-state index contributed by atoms with van der Waals surface area (Å²) in [6.45, 7) is 3.01. The summed E-state index contributed by atoms with van der Waals surface area (Å²) in [5.74, 6) is 0.172. The van der Waals surface area contributed by atoms with Gasteiger partial charge in [-0.25, -0.2) is 13.4 Å². The number of rotatable bonds is 4. The second-order valence-electron chi connectivity index (χ2n) is 6.63. The van der Waals surface area contributed by atoms with Gasteiger partial charge in [-0.05, 0) is 31.0 Å². The summed E-state index contributed by atoms with van der Waals surface area (Å²) in [5.41, 5.74) is 8.00. The zero-order valence-electron chi connectivity index (χ0n) is 14.4. The Hall–Kier alpha value is -2.29. The summed E-state index contributed by atoms with van der Waals surface area (Å²) >= 11 is 0. The first-order valence-corrected chi connectivity index (χ1v) is 9.92. The van der Waals surface area contributed by atoms with Crippen molar-refractivity contribution in [3.63, 3.8) is 0 Å². The number of aryl methyl sites for hydroxylation is 1. The third-order valence-corrected chi connectivity index (χ3v) is 6.86. The van der Waals surface area contributed by atoms with Crippen LogP contribution in [0.5, 0.6) is 0 Å². The number of hydrogen-bond donors (Lipinski definition) is 1. The van der Waals surface area contributed by atoms with Crippen LogP contribution in [0.3, 0.4) is 0 Å². The molecule has 0 saturated carbocycles. The quantitative estimate of drug-likeness (QED) is 0.750. The highest BCUT2D eigenvalue weighted by atomic mass is 32.2. The second kappa shape index (κ2) is 6.46. The topological polar surface area (TPSA) is 102 Å². The van der Waals surface area contributed by atoms with Crippen molar-refractivity contribution >= 4 is 21.1 Å². The minimum absolute atomic E-state index is 0.0844. The molecule has 7 nitrogen and oxygen atoms in total. The molecule has 0 bridgehead atoms. The number of nitrogens with two attached hydrogens (primary N) is 1. The molecule has 2 N–H and O–H groups in total. The summed E-state index contributed by atoms with van der Waals surface area (Å²) in [5, 5.41) is 4.44. The normalized spacial score (nSPS) is 21.5. The van der Waals surface area contributed by atoms with Gasteiger partial charge in [0.25, 0.3) is 5.71 Å². The van der Waals surface area contributed by atoms with Crippen molar-refractivity contribution < 1.29 is 12.9 Å². The first-order chi connectivity index (χ1) is 12.5. The van der Waals surface area contributed by atoms with Gasteiger partial charge in [0.05, 0.1) is 17.3 Å². The molecule has 1 aliphatic heterocycles. The smallest absolute Gasteiger partial charge is 0.257 e. The van der Waals surface area contributed by atoms with E-state index in [2.05, 4.69) is 10.1 Å². The predicted octanol–water partition coefficient (Wildman–Crippen LogP) is 1.89. The SMILES string of the molecule is Cc1noc2ncc(S(=O)(=O)N3C[C@@H](CN)[C@H](c4ccccc4)C3)cc12. The molecule has 0 amide bonds. The lowest BCUT2D eigenvalue weighted by Crippen LogP contribution is -2.30. The van der Waals surface area contributed by atoms with Crippen LogP contribution < -0.4 is 5.73 Å². The van der Waals surface area contributed by atoms with Gasteiger partial charge in [-0.1, -0.05) is 35.5 Å². The van der Waals surface area contributed by atoms with E-state index in [1.807, 2.05) is 30.3 Å². The molecule has 1 aromatic carbocycles. The Labute approximate surface area is 151 Å². The van der Waals surface area contributed by atoms with Crippen LogP contribution in [-0.4, -0.2) is 42.5 Å². The van der Waals surface area contributed by atoms with Crippen molar-refractivity contribution in [3.05, 3.63) is 53.9 Å². The zero-order valence-corrected chi connectivity index (χ0v) is 15.2. The van der Waals surface area contributed by atoms with Crippen molar-refractivity contribution in [2.24, 2.45) is 11.7 Å². The van der Waals surface area contributed by atoms with Crippen LogP contribution in [0.15, 0.2) is 52.0 Å². The van der Waals surface area contributed by atoms with E-state index >= 15 is 0 Å². The van der Waals surface area contributed by atoms with Gasteiger partial charge >= 0.3 is 0 Å². The first kappa shape index (κ1) is 17.1. The summed E-state index contributed by atoms with van der Waals surface area (Å²) in [7, 11) is -3.66.